The summed E-state index contributed by atoms with van der Waals surface area (Å²) in [5.74, 6) is 0.853. The molecule has 102 valence electrons. The van der Waals surface area contributed by atoms with Crippen LogP contribution >= 0.6 is 11.8 Å². The number of hydrogen-bond donors (Lipinski definition) is 3. The fraction of sp³-hybridized carbons (Fsp3) is 0.833. The number of carboxylic acids is 1. The number of amides is 1. The summed E-state index contributed by atoms with van der Waals surface area (Å²) in [5.41, 5.74) is 0. The minimum absolute atomic E-state index is 0.0261. The predicted molar refractivity (Wildman–Crippen MR) is 70.6 cm³/mol. The maximum Gasteiger partial charge on any atom is 0.306 e. The van der Waals surface area contributed by atoms with Crippen molar-refractivity contribution < 1.29 is 14.7 Å². The average Bonchev–Trinajstić information content (AvgIpc) is 2.40. The van der Waals surface area contributed by atoms with Crippen LogP contribution < -0.4 is 10.6 Å². The van der Waals surface area contributed by atoms with Gasteiger partial charge in [0.25, 0.3) is 0 Å². The number of thioether (sulfide) groups is 1. The molecule has 1 heterocycles. The van der Waals surface area contributed by atoms with Crippen LogP contribution in [0.3, 0.4) is 0 Å². The van der Waals surface area contributed by atoms with Gasteiger partial charge in [0, 0.05) is 24.1 Å². The van der Waals surface area contributed by atoms with Crippen LogP contribution in [0.25, 0.3) is 0 Å². The van der Waals surface area contributed by atoms with Crippen molar-refractivity contribution in [2.75, 3.05) is 18.1 Å². The Balaban J connectivity index is 1.81. The molecule has 5 nitrogen and oxygen atoms in total. The molecule has 2 rings (SSSR count). The Morgan fingerprint density at radius 2 is 2.17 bits per heavy atom. The van der Waals surface area contributed by atoms with Gasteiger partial charge in [0.15, 0.2) is 0 Å². The molecule has 0 bridgehead atoms. The second kappa shape index (κ2) is 6.43. The number of carboxylic acid groups (broad SMARTS) is 1. The Morgan fingerprint density at radius 1 is 1.33 bits per heavy atom. The molecule has 1 aliphatic carbocycles. The molecule has 6 heteroatoms. The first-order valence-corrected chi connectivity index (χ1v) is 7.66. The van der Waals surface area contributed by atoms with E-state index in [-0.39, 0.29) is 23.9 Å². The molecule has 0 aromatic rings. The summed E-state index contributed by atoms with van der Waals surface area (Å²) in [4.78, 5) is 23.0. The van der Waals surface area contributed by atoms with Crippen LogP contribution in [0.5, 0.6) is 0 Å². The zero-order chi connectivity index (χ0) is 13.0. The highest BCUT2D eigenvalue weighted by Gasteiger charge is 2.29. The highest BCUT2D eigenvalue weighted by Crippen LogP contribution is 2.24. The maximum atomic E-state index is 12.0. The van der Waals surface area contributed by atoms with Crippen molar-refractivity contribution in [1.29, 1.82) is 0 Å². The zero-order valence-corrected chi connectivity index (χ0v) is 11.2. The van der Waals surface area contributed by atoms with Crippen molar-refractivity contribution in [3.8, 4) is 0 Å². The number of hydrogen-bond acceptors (Lipinski definition) is 4. The van der Waals surface area contributed by atoms with Gasteiger partial charge in [-0.25, -0.2) is 0 Å². The van der Waals surface area contributed by atoms with Crippen LogP contribution in [0.1, 0.15) is 25.7 Å². The van der Waals surface area contributed by atoms with Crippen LogP contribution in [0.4, 0.5) is 0 Å². The van der Waals surface area contributed by atoms with Crippen LogP contribution in [-0.2, 0) is 9.59 Å². The third kappa shape index (κ3) is 3.62. The van der Waals surface area contributed by atoms with Gasteiger partial charge < -0.3 is 15.7 Å². The summed E-state index contributed by atoms with van der Waals surface area (Å²) in [6, 6.07) is -0.0879. The number of carbonyl (C=O) groups is 2. The third-order valence-electron chi connectivity index (χ3n) is 3.61. The van der Waals surface area contributed by atoms with E-state index in [9.17, 15) is 9.59 Å². The van der Waals surface area contributed by atoms with E-state index >= 15 is 0 Å². The van der Waals surface area contributed by atoms with Crippen LogP contribution in [0.2, 0.25) is 0 Å². The molecule has 1 aliphatic heterocycles. The fourth-order valence-electron chi connectivity index (χ4n) is 2.58. The molecular weight excluding hydrogens is 252 g/mol. The van der Waals surface area contributed by atoms with Crippen LogP contribution in [-0.4, -0.2) is 47.1 Å². The van der Waals surface area contributed by atoms with E-state index in [0.717, 1.165) is 37.3 Å². The topological polar surface area (TPSA) is 78.4 Å². The minimum atomic E-state index is -0.736. The first kappa shape index (κ1) is 13.7. The Morgan fingerprint density at radius 3 is 2.83 bits per heavy atom. The largest absolute Gasteiger partial charge is 0.481 e. The lowest BCUT2D eigenvalue weighted by molar-refractivity contribution is -0.143. The Labute approximate surface area is 111 Å². The Kier molecular flexibility index (Phi) is 4.88. The number of carbonyl (C=O) groups excluding carboxylic acids is 1. The van der Waals surface area contributed by atoms with E-state index in [0.29, 0.717) is 6.42 Å². The molecule has 2 fully saturated rings. The van der Waals surface area contributed by atoms with Crippen molar-refractivity contribution in [3.05, 3.63) is 0 Å². The standard InChI is InChI=1S/C12H20N2O3S/c15-11(10-7-18-5-4-13-10)14-9-3-1-2-8(6-9)12(16)17/h8-10,13H,1-7H2,(H,14,15)(H,16,17). The molecule has 0 spiro atoms. The SMILES string of the molecule is O=C(O)C1CCCC(NC(=O)C2CSCCN2)C1. The molecular formula is C12H20N2O3S. The maximum absolute atomic E-state index is 12.0. The number of nitrogens with one attached hydrogen (secondary N) is 2. The van der Waals surface area contributed by atoms with Crippen molar-refractivity contribution >= 4 is 23.6 Å². The van der Waals surface area contributed by atoms with E-state index in [1.807, 2.05) is 0 Å². The van der Waals surface area contributed by atoms with Gasteiger partial charge in [0.05, 0.1) is 12.0 Å². The van der Waals surface area contributed by atoms with Gasteiger partial charge >= 0.3 is 5.97 Å². The van der Waals surface area contributed by atoms with Gasteiger partial charge in [-0.1, -0.05) is 6.42 Å². The first-order valence-electron chi connectivity index (χ1n) is 6.51. The van der Waals surface area contributed by atoms with Crippen molar-refractivity contribution in [3.63, 3.8) is 0 Å². The summed E-state index contributed by atoms with van der Waals surface area (Å²) in [6.07, 6.45) is 3.09. The summed E-state index contributed by atoms with van der Waals surface area (Å²) in [7, 11) is 0. The summed E-state index contributed by atoms with van der Waals surface area (Å²) in [6.45, 7) is 0.866. The monoisotopic (exact) mass is 272 g/mol. The molecule has 3 atom stereocenters. The second-order valence-corrected chi connectivity index (χ2v) is 6.14. The average molecular weight is 272 g/mol. The van der Waals surface area contributed by atoms with Crippen LogP contribution in [0.15, 0.2) is 0 Å². The molecule has 3 unspecified atom stereocenters. The van der Waals surface area contributed by atoms with E-state index < -0.39 is 5.97 Å². The highest BCUT2D eigenvalue weighted by molar-refractivity contribution is 7.99. The van der Waals surface area contributed by atoms with Gasteiger partial charge in [-0.2, -0.15) is 11.8 Å². The molecule has 2 aliphatic rings. The van der Waals surface area contributed by atoms with Gasteiger partial charge in [-0.3, -0.25) is 9.59 Å². The third-order valence-corrected chi connectivity index (χ3v) is 4.67. The Bertz CT molecular complexity index is 318. The van der Waals surface area contributed by atoms with E-state index in [1.165, 1.54) is 0 Å². The van der Waals surface area contributed by atoms with E-state index in [2.05, 4.69) is 10.6 Å². The quantitative estimate of drug-likeness (QED) is 0.695. The van der Waals surface area contributed by atoms with Gasteiger partial charge in [-0.15, -0.1) is 0 Å². The molecule has 3 N–H and O–H groups in total. The van der Waals surface area contributed by atoms with Gasteiger partial charge in [0.2, 0.25) is 5.91 Å². The first-order chi connectivity index (χ1) is 8.66. The second-order valence-electron chi connectivity index (χ2n) is 4.99. The normalized spacial score (nSPS) is 32.8. The molecule has 0 aromatic heterocycles. The zero-order valence-electron chi connectivity index (χ0n) is 10.4. The van der Waals surface area contributed by atoms with Crippen molar-refractivity contribution in [2.24, 2.45) is 5.92 Å². The molecule has 0 radical (unpaired) electrons. The lowest BCUT2D eigenvalue weighted by Crippen LogP contribution is -2.52. The van der Waals surface area contributed by atoms with Crippen molar-refractivity contribution in [2.45, 2.75) is 37.8 Å². The summed E-state index contributed by atoms with van der Waals surface area (Å²) in [5, 5.41) is 15.2. The van der Waals surface area contributed by atoms with E-state index in [1.54, 1.807) is 11.8 Å². The summed E-state index contributed by atoms with van der Waals surface area (Å²) < 4.78 is 0. The van der Waals surface area contributed by atoms with E-state index in [4.69, 9.17) is 5.11 Å². The number of aliphatic carboxylic acids is 1. The molecule has 18 heavy (non-hydrogen) atoms. The molecule has 1 amide bonds. The molecule has 1 saturated carbocycles. The summed E-state index contributed by atoms with van der Waals surface area (Å²) >= 11 is 1.78. The number of rotatable bonds is 3. The Hall–Kier alpha value is -0.750. The highest BCUT2D eigenvalue weighted by atomic mass is 32.2. The predicted octanol–water partition coefficient (Wildman–Crippen LogP) is 0.451. The van der Waals surface area contributed by atoms with Gasteiger partial charge in [0.1, 0.15) is 0 Å². The molecule has 1 saturated heterocycles. The molecule has 0 aromatic carbocycles. The van der Waals surface area contributed by atoms with Crippen molar-refractivity contribution in [1.82, 2.24) is 10.6 Å². The van der Waals surface area contributed by atoms with Gasteiger partial charge in [-0.05, 0) is 19.3 Å². The lowest BCUT2D eigenvalue weighted by atomic mass is 9.85. The fourth-order valence-corrected chi connectivity index (χ4v) is 3.51. The smallest absolute Gasteiger partial charge is 0.306 e. The lowest BCUT2D eigenvalue weighted by Gasteiger charge is -2.30. The van der Waals surface area contributed by atoms with Crippen LogP contribution in [0, 0.1) is 5.92 Å². The minimum Gasteiger partial charge on any atom is -0.481 e.